The number of aromatic nitrogens is 1. The number of nitrogens with zero attached hydrogens (tertiary/aromatic N) is 1. The van der Waals surface area contributed by atoms with E-state index in [-0.39, 0.29) is 6.04 Å². The molecule has 1 aromatic carbocycles. The Morgan fingerprint density at radius 1 is 1.18 bits per heavy atom. The second kappa shape index (κ2) is 5.30. The normalized spacial score (nSPS) is 12.4. The Bertz CT molecular complexity index is 466. The second-order valence-corrected chi connectivity index (χ2v) is 4.38. The maximum Gasteiger partial charge on any atom is 0.0640 e. The van der Waals surface area contributed by atoms with Crippen molar-refractivity contribution < 1.29 is 0 Å². The highest BCUT2D eigenvalue weighted by Gasteiger charge is 2.16. The Morgan fingerprint density at radius 2 is 1.94 bits per heavy atom. The molecule has 0 bridgehead atoms. The highest BCUT2D eigenvalue weighted by molar-refractivity contribution is 6.31. The first-order chi connectivity index (χ1) is 8.24. The van der Waals surface area contributed by atoms with Crippen molar-refractivity contribution in [3.8, 4) is 0 Å². The van der Waals surface area contributed by atoms with Crippen molar-refractivity contribution in [1.29, 1.82) is 0 Å². The molecule has 0 aliphatic rings. The summed E-state index contributed by atoms with van der Waals surface area (Å²) in [5.74, 6) is 0. The van der Waals surface area contributed by atoms with Gasteiger partial charge >= 0.3 is 0 Å². The third-order valence-electron chi connectivity index (χ3n) is 2.90. The lowest BCUT2D eigenvalue weighted by atomic mass is 9.96. The smallest absolute Gasteiger partial charge is 0.0640 e. The van der Waals surface area contributed by atoms with Crippen molar-refractivity contribution >= 4 is 11.6 Å². The highest BCUT2D eigenvalue weighted by Crippen LogP contribution is 2.28. The molecule has 1 aromatic heterocycles. The van der Waals surface area contributed by atoms with E-state index in [4.69, 9.17) is 11.6 Å². The molecule has 17 heavy (non-hydrogen) atoms. The summed E-state index contributed by atoms with van der Waals surface area (Å²) in [6.07, 6.45) is 3.45. The minimum absolute atomic E-state index is 0.103. The lowest BCUT2D eigenvalue weighted by molar-refractivity contribution is 0.686. The van der Waals surface area contributed by atoms with E-state index in [0.717, 1.165) is 5.56 Å². The highest BCUT2D eigenvalue weighted by atomic mass is 35.5. The average molecular weight is 247 g/mol. The van der Waals surface area contributed by atoms with Crippen molar-refractivity contribution in [2.45, 2.75) is 13.0 Å². The fourth-order valence-electron chi connectivity index (χ4n) is 2.01. The number of aryl methyl sites for hydroxylation is 1. The molecular weight excluding hydrogens is 232 g/mol. The molecule has 1 atom stereocenters. The van der Waals surface area contributed by atoms with Crippen molar-refractivity contribution in [3.63, 3.8) is 0 Å². The van der Waals surface area contributed by atoms with Gasteiger partial charge < -0.3 is 5.32 Å². The van der Waals surface area contributed by atoms with Crippen LogP contribution in [0.5, 0.6) is 0 Å². The summed E-state index contributed by atoms with van der Waals surface area (Å²) < 4.78 is 0. The van der Waals surface area contributed by atoms with Crippen LogP contribution in [0.1, 0.15) is 22.7 Å². The van der Waals surface area contributed by atoms with Crippen LogP contribution in [-0.4, -0.2) is 12.0 Å². The van der Waals surface area contributed by atoms with Crippen molar-refractivity contribution in [2.24, 2.45) is 0 Å². The van der Waals surface area contributed by atoms with E-state index in [1.54, 1.807) is 12.4 Å². The van der Waals surface area contributed by atoms with Gasteiger partial charge in [0.05, 0.1) is 11.1 Å². The molecule has 0 aliphatic carbocycles. The standard InChI is InChI=1S/C14H15ClN2/c1-10-5-3-4-6-11(10)14(16-2)12-7-8-17-9-13(12)15/h3-9,14,16H,1-2H3. The number of rotatable bonds is 3. The molecule has 1 N–H and O–H groups in total. The summed E-state index contributed by atoms with van der Waals surface area (Å²) in [7, 11) is 1.94. The summed E-state index contributed by atoms with van der Waals surface area (Å²) >= 11 is 6.20. The fraction of sp³-hybridized carbons (Fsp3) is 0.214. The fourth-order valence-corrected chi connectivity index (χ4v) is 2.24. The van der Waals surface area contributed by atoms with E-state index in [1.807, 2.05) is 25.2 Å². The van der Waals surface area contributed by atoms with E-state index in [0.29, 0.717) is 5.02 Å². The molecule has 0 saturated heterocycles. The van der Waals surface area contributed by atoms with Crippen molar-refractivity contribution in [2.75, 3.05) is 7.05 Å². The number of nitrogens with one attached hydrogen (secondary N) is 1. The van der Waals surface area contributed by atoms with Crippen molar-refractivity contribution in [1.82, 2.24) is 10.3 Å². The molecule has 0 radical (unpaired) electrons. The molecule has 0 aliphatic heterocycles. The Morgan fingerprint density at radius 3 is 2.59 bits per heavy atom. The van der Waals surface area contributed by atoms with Crippen LogP contribution < -0.4 is 5.32 Å². The van der Waals surface area contributed by atoms with Gasteiger partial charge in [0.2, 0.25) is 0 Å². The molecular formula is C14H15ClN2. The zero-order chi connectivity index (χ0) is 12.3. The van der Waals surface area contributed by atoms with Crippen LogP contribution in [0.15, 0.2) is 42.7 Å². The second-order valence-electron chi connectivity index (χ2n) is 3.98. The number of hydrogen-bond acceptors (Lipinski definition) is 2. The SMILES string of the molecule is CNC(c1ccccc1C)c1ccncc1Cl. The van der Waals surface area contributed by atoms with Crippen LogP contribution in [-0.2, 0) is 0 Å². The lowest BCUT2D eigenvalue weighted by Gasteiger charge is -2.20. The van der Waals surface area contributed by atoms with Gasteiger partial charge in [0.15, 0.2) is 0 Å². The van der Waals surface area contributed by atoms with Crippen LogP contribution in [0.25, 0.3) is 0 Å². The van der Waals surface area contributed by atoms with Crippen LogP contribution in [0.3, 0.4) is 0 Å². The molecule has 2 nitrogen and oxygen atoms in total. The summed E-state index contributed by atoms with van der Waals surface area (Å²) in [5.41, 5.74) is 3.54. The molecule has 2 aromatic rings. The summed E-state index contributed by atoms with van der Waals surface area (Å²) in [5, 5.41) is 3.99. The first-order valence-corrected chi connectivity index (χ1v) is 5.94. The Kier molecular flexibility index (Phi) is 3.77. The van der Waals surface area contributed by atoms with Gasteiger partial charge in [-0.3, -0.25) is 4.98 Å². The van der Waals surface area contributed by atoms with E-state index in [9.17, 15) is 0 Å². The molecule has 3 heteroatoms. The van der Waals surface area contributed by atoms with Crippen LogP contribution in [0.4, 0.5) is 0 Å². The van der Waals surface area contributed by atoms with Crippen LogP contribution >= 0.6 is 11.6 Å². The summed E-state index contributed by atoms with van der Waals surface area (Å²) in [6, 6.07) is 10.4. The van der Waals surface area contributed by atoms with E-state index in [2.05, 4.69) is 29.4 Å². The molecule has 88 valence electrons. The third kappa shape index (κ3) is 2.48. The molecule has 0 fully saturated rings. The minimum atomic E-state index is 0.103. The average Bonchev–Trinajstić information content (AvgIpc) is 2.34. The predicted octanol–water partition coefficient (Wildman–Crippen LogP) is 3.35. The number of pyridine rings is 1. The Labute approximate surface area is 107 Å². The maximum atomic E-state index is 6.20. The van der Waals surface area contributed by atoms with Crippen LogP contribution in [0, 0.1) is 6.92 Å². The van der Waals surface area contributed by atoms with Gasteiger partial charge in [-0.05, 0) is 36.7 Å². The maximum absolute atomic E-state index is 6.20. The molecule has 0 amide bonds. The molecule has 1 heterocycles. The molecule has 0 saturated carbocycles. The van der Waals surface area contributed by atoms with Gasteiger partial charge in [0.1, 0.15) is 0 Å². The monoisotopic (exact) mass is 246 g/mol. The summed E-state index contributed by atoms with van der Waals surface area (Å²) in [6.45, 7) is 2.11. The van der Waals surface area contributed by atoms with Gasteiger partial charge in [0, 0.05) is 12.4 Å². The number of benzene rings is 1. The molecule has 0 spiro atoms. The summed E-state index contributed by atoms with van der Waals surface area (Å²) in [4.78, 5) is 4.02. The van der Waals surface area contributed by atoms with Crippen LogP contribution in [0.2, 0.25) is 5.02 Å². The van der Waals surface area contributed by atoms with Gasteiger partial charge in [-0.25, -0.2) is 0 Å². The number of halogens is 1. The largest absolute Gasteiger partial charge is 0.309 e. The van der Waals surface area contributed by atoms with Gasteiger partial charge in [-0.2, -0.15) is 0 Å². The third-order valence-corrected chi connectivity index (χ3v) is 3.22. The topological polar surface area (TPSA) is 24.9 Å². The van der Waals surface area contributed by atoms with E-state index in [1.165, 1.54) is 11.1 Å². The lowest BCUT2D eigenvalue weighted by Crippen LogP contribution is -2.19. The first kappa shape index (κ1) is 12.1. The van der Waals surface area contributed by atoms with Gasteiger partial charge in [-0.15, -0.1) is 0 Å². The van der Waals surface area contributed by atoms with Gasteiger partial charge in [0.25, 0.3) is 0 Å². The zero-order valence-electron chi connectivity index (χ0n) is 9.94. The van der Waals surface area contributed by atoms with E-state index < -0.39 is 0 Å². The molecule has 1 unspecified atom stereocenters. The molecule has 2 rings (SSSR count). The quantitative estimate of drug-likeness (QED) is 0.899. The van der Waals surface area contributed by atoms with Gasteiger partial charge in [-0.1, -0.05) is 35.9 Å². The minimum Gasteiger partial charge on any atom is -0.309 e. The zero-order valence-corrected chi connectivity index (χ0v) is 10.7. The van der Waals surface area contributed by atoms with Crippen molar-refractivity contribution in [3.05, 3.63) is 64.4 Å². The first-order valence-electron chi connectivity index (χ1n) is 5.56. The Hall–Kier alpha value is -1.38. The Balaban J connectivity index is 2.48. The van der Waals surface area contributed by atoms with E-state index >= 15 is 0 Å². The predicted molar refractivity (Wildman–Crippen MR) is 71.3 cm³/mol. The number of hydrogen-bond donors (Lipinski definition) is 1.